The summed E-state index contributed by atoms with van der Waals surface area (Å²) >= 11 is 0. The number of nitrogens with zero attached hydrogens (tertiary/aromatic N) is 2. The molecule has 0 saturated carbocycles. The predicted octanol–water partition coefficient (Wildman–Crippen LogP) is 1.96. The number of hydrogen-bond acceptors (Lipinski definition) is 4. The van der Waals surface area contributed by atoms with Crippen molar-refractivity contribution in [3.8, 4) is 0 Å². The third-order valence-corrected chi connectivity index (χ3v) is 5.41. The van der Waals surface area contributed by atoms with E-state index in [1.807, 2.05) is 23.1 Å². The van der Waals surface area contributed by atoms with Gasteiger partial charge in [0.25, 0.3) is 0 Å². The molecule has 7 nitrogen and oxygen atoms in total. The maximum atomic E-state index is 12.5. The van der Waals surface area contributed by atoms with Crippen molar-refractivity contribution >= 4 is 17.6 Å². The molecule has 1 fully saturated rings. The lowest BCUT2D eigenvalue weighted by Crippen LogP contribution is -2.39. The molecule has 1 amide bonds. The number of carbonyl (C=O) groups is 1. The molecule has 160 valence electrons. The molecule has 0 bridgehead atoms. The van der Waals surface area contributed by atoms with Gasteiger partial charge in [-0.25, -0.2) is 0 Å². The van der Waals surface area contributed by atoms with Gasteiger partial charge < -0.3 is 25.0 Å². The molecule has 0 radical (unpaired) electrons. The highest BCUT2D eigenvalue weighted by Crippen LogP contribution is 2.27. The number of anilines is 1. The van der Waals surface area contributed by atoms with Crippen molar-refractivity contribution in [2.45, 2.75) is 32.1 Å². The van der Waals surface area contributed by atoms with Gasteiger partial charge in [-0.2, -0.15) is 0 Å². The van der Waals surface area contributed by atoms with Crippen LogP contribution in [0.5, 0.6) is 0 Å². The van der Waals surface area contributed by atoms with Crippen LogP contribution in [0.25, 0.3) is 0 Å². The van der Waals surface area contributed by atoms with Crippen LogP contribution >= 0.6 is 0 Å². The van der Waals surface area contributed by atoms with Crippen LogP contribution in [-0.2, 0) is 20.7 Å². The van der Waals surface area contributed by atoms with Crippen LogP contribution in [0.3, 0.4) is 0 Å². The maximum absolute atomic E-state index is 12.5. The van der Waals surface area contributed by atoms with Crippen molar-refractivity contribution in [3.63, 3.8) is 0 Å². The molecule has 0 aromatic heterocycles. The number of aliphatic imine (C=N–C) groups is 1. The van der Waals surface area contributed by atoms with E-state index in [1.165, 1.54) is 5.56 Å². The highest BCUT2D eigenvalue weighted by atomic mass is 16.5. The summed E-state index contributed by atoms with van der Waals surface area (Å²) in [6.07, 6.45) is 4.32. The number of guanidine groups is 1. The Morgan fingerprint density at radius 1 is 1.28 bits per heavy atom. The SMILES string of the molecule is CN=C(NCCCOCC1CCOC1)NCCCC(=O)N1CCc2ccccc21. The van der Waals surface area contributed by atoms with Crippen LogP contribution in [0.1, 0.15) is 31.2 Å². The fourth-order valence-corrected chi connectivity index (χ4v) is 3.75. The molecule has 1 aromatic rings. The monoisotopic (exact) mass is 402 g/mol. The lowest BCUT2D eigenvalue weighted by molar-refractivity contribution is -0.118. The van der Waals surface area contributed by atoms with E-state index >= 15 is 0 Å². The first-order valence-electron chi connectivity index (χ1n) is 10.8. The van der Waals surface area contributed by atoms with Gasteiger partial charge in [0.15, 0.2) is 5.96 Å². The summed E-state index contributed by atoms with van der Waals surface area (Å²) < 4.78 is 11.1. The lowest BCUT2D eigenvalue weighted by Gasteiger charge is -2.17. The Hall–Kier alpha value is -2.12. The van der Waals surface area contributed by atoms with E-state index in [2.05, 4.69) is 21.7 Å². The van der Waals surface area contributed by atoms with Gasteiger partial charge in [-0.05, 0) is 37.3 Å². The van der Waals surface area contributed by atoms with Crippen molar-refractivity contribution in [1.82, 2.24) is 10.6 Å². The maximum Gasteiger partial charge on any atom is 0.227 e. The minimum atomic E-state index is 0.199. The van der Waals surface area contributed by atoms with Gasteiger partial charge in [-0.1, -0.05) is 18.2 Å². The largest absolute Gasteiger partial charge is 0.381 e. The summed E-state index contributed by atoms with van der Waals surface area (Å²) in [4.78, 5) is 18.7. The second kappa shape index (κ2) is 11.8. The van der Waals surface area contributed by atoms with Crippen molar-refractivity contribution in [3.05, 3.63) is 29.8 Å². The molecule has 0 aliphatic carbocycles. The minimum absolute atomic E-state index is 0.199. The van der Waals surface area contributed by atoms with E-state index in [4.69, 9.17) is 9.47 Å². The summed E-state index contributed by atoms with van der Waals surface area (Å²) in [6, 6.07) is 8.17. The molecule has 2 N–H and O–H groups in total. The lowest BCUT2D eigenvalue weighted by atomic mass is 10.1. The number of amides is 1. The van der Waals surface area contributed by atoms with Crippen molar-refractivity contribution in [2.24, 2.45) is 10.9 Å². The molecule has 2 aliphatic rings. The molecule has 1 unspecified atom stereocenters. The molecule has 2 aliphatic heterocycles. The van der Waals surface area contributed by atoms with Gasteiger partial charge in [-0.15, -0.1) is 0 Å². The number of fused-ring (bicyclic) bond motifs is 1. The van der Waals surface area contributed by atoms with Gasteiger partial charge in [0.05, 0.1) is 13.2 Å². The summed E-state index contributed by atoms with van der Waals surface area (Å²) in [6.45, 7) is 5.57. The van der Waals surface area contributed by atoms with Gasteiger partial charge in [0, 0.05) is 57.9 Å². The van der Waals surface area contributed by atoms with E-state index in [9.17, 15) is 4.79 Å². The van der Waals surface area contributed by atoms with Crippen molar-refractivity contribution in [1.29, 1.82) is 0 Å². The van der Waals surface area contributed by atoms with Crippen LogP contribution in [0.4, 0.5) is 5.69 Å². The summed E-state index contributed by atoms with van der Waals surface area (Å²) in [5.41, 5.74) is 2.34. The third kappa shape index (κ3) is 6.72. The van der Waals surface area contributed by atoms with Gasteiger partial charge >= 0.3 is 0 Å². The zero-order chi connectivity index (χ0) is 20.3. The standard InChI is InChI=1S/C22H34N4O3/c1-23-22(25-12-5-14-28-16-18-10-15-29-17-18)24-11-4-8-21(27)26-13-9-19-6-2-3-7-20(19)26/h2-3,6-7,18H,4-5,8-17H2,1H3,(H2,23,24,25). The summed E-state index contributed by atoms with van der Waals surface area (Å²) in [5, 5.41) is 6.57. The Labute approximate surface area is 173 Å². The summed E-state index contributed by atoms with van der Waals surface area (Å²) in [7, 11) is 1.76. The number of benzene rings is 1. The van der Waals surface area contributed by atoms with Gasteiger partial charge in [-0.3, -0.25) is 9.79 Å². The minimum Gasteiger partial charge on any atom is -0.381 e. The van der Waals surface area contributed by atoms with Gasteiger partial charge in [0.2, 0.25) is 5.91 Å². The molecule has 1 saturated heterocycles. The smallest absolute Gasteiger partial charge is 0.227 e. The zero-order valence-electron chi connectivity index (χ0n) is 17.5. The molecule has 2 heterocycles. The molecule has 29 heavy (non-hydrogen) atoms. The fourth-order valence-electron chi connectivity index (χ4n) is 3.75. The first-order valence-corrected chi connectivity index (χ1v) is 10.8. The molecule has 1 atom stereocenters. The van der Waals surface area contributed by atoms with Crippen LogP contribution in [0.15, 0.2) is 29.3 Å². The third-order valence-electron chi connectivity index (χ3n) is 5.41. The van der Waals surface area contributed by atoms with E-state index < -0.39 is 0 Å². The Morgan fingerprint density at radius 2 is 2.10 bits per heavy atom. The number of rotatable bonds is 10. The average molecular weight is 403 g/mol. The molecule has 0 spiro atoms. The number of para-hydroxylation sites is 1. The second-order valence-corrected chi connectivity index (χ2v) is 7.61. The average Bonchev–Trinajstić information content (AvgIpc) is 3.41. The van der Waals surface area contributed by atoms with Crippen LogP contribution in [-0.4, -0.2) is 65.0 Å². The quantitative estimate of drug-likeness (QED) is 0.356. The van der Waals surface area contributed by atoms with E-state index in [-0.39, 0.29) is 5.91 Å². The zero-order valence-corrected chi connectivity index (χ0v) is 17.5. The number of hydrogen-bond donors (Lipinski definition) is 2. The first-order chi connectivity index (χ1) is 14.3. The number of carbonyl (C=O) groups excluding carboxylic acids is 1. The summed E-state index contributed by atoms with van der Waals surface area (Å²) in [5.74, 6) is 1.53. The number of ether oxygens (including phenoxy) is 2. The van der Waals surface area contributed by atoms with Crippen molar-refractivity contribution < 1.29 is 14.3 Å². The highest BCUT2D eigenvalue weighted by molar-refractivity contribution is 5.95. The normalized spacial score (nSPS) is 18.7. The number of nitrogens with one attached hydrogen (secondary N) is 2. The Balaban J connectivity index is 1.23. The van der Waals surface area contributed by atoms with Crippen LogP contribution in [0, 0.1) is 5.92 Å². The van der Waals surface area contributed by atoms with Crippen LogP contribution < -0.4 is 15.5 Å². The molecule has 3 rings (SSSR count). The van der Waals surface area contributed by atoms with Gasteiger partial charge in [0.1, 0.15) is 0 Å². The molecular weight excluding hydrogens is 368 g/mol. The highest BCUT2D eigenvalue weighted by Gasteiger charge is 2.23. The Morgan fingerprint density at radius 3 is 2.90 bits per heavy atom. The Bertz CT molecular complexity index is 674. The molecule has 7 heteroatoms. The van der Waals surface area contributed by atoms with Crippen molar-refractivity contribution in [2.75, 3.05) is 58.0 Å². The first kappa shape index (κ1) is 21.6. The topological polar surface area (TPSA) is 75.2 Å². The fraction of sp³-hybridized carbons (Fsp3) is 0.636. The molecule has 1 aromatic carbocycles. The molecular formula is C22H34N4O3. The predicted molar refractivity (Wildman–Crippen MR) is 115 cm³/mol. The van der Waals surface area contributed by atoms with E-state index in [1.54, 1.807) is 7.05 Å². The van der Waals surface area contributed by atoms with E-state index in [0.717, 1.165) is 83.4 Å². The van der Waals surface area contributed by atoms with Crippen LogP contribution in [0.2, 0.25) is 0 Å². The Kier molecular flexibility index (Phi) is 8.77. The second-order valence-electron chi connectivity index (χ2n) is 7.61. The van der Waals surface area contributed by atoms with E-state index in [0.29, 0.717) is 12.3 Å².